The summed E-state index contributed by atoms with van der Waals surface area (Å²) in [6.45, 7) is -1.12. The van der Waals surface area contributed by atoms with Crippen molar-refractivity contribution in [2.24, 2.45) is 0 Å². The molecule has 1 rings (SSSR count). The zero-order chi connectivity index (χ0) is 13.6. The Bertz CT molecular complexity index is 485. The molecule has 1 aromatic heterocycles. The van der Waals surface area contributed by atoms with Crippen molar-refractivity contribution in [3.8, 4) is 0 Å². The second-order valence-electron chi connectivity index (χ2n) is 3.14. The number of nitrogens with one attached hydrogen (secondary N) is 1. The minimum absolute atomic E-state index is 0.121. The molecule has 0 aromatic carbocycles. The molecule has 6 nitrogen and oxygen atoms in total. The molecule has 18 heavy (non-hydrogen) atoms. The Hall–Kier alpha value is -1.32. The van der Waals surface area contributed by atoms with Gasteiger partial charge in [-0.25, -0.2) is 21.9 Å². The number of halogens is 2. The number of alkyl halides is 2. The third kappa shape index (κ3) is 4.51. The van der Waals surface area contributed by atoms with Crippen LogP contribution >= 0.6 is 0 Å². The van der Waals surface area contributed by atoms with Gasteiger partial charge in [-0.15, -0.1) is 0 Å². The summed E-state index contributed by atoms with van der Waals surface area (Å²) >= 11 is 0. The number of aldehydes is 1. The first-order valence-corrected chi connectivity index (χ1v) is 6.34. The van der Waals surface area contributed by atoms with Gasteiger partial charge < -0.3 is 9.15 Å². The van der Waals surface area contributed by atoms with Gasteiger partial charge in [0.1, 0.15) is 6.61 Å². The third-order valence-corrected chi connectivity index (χ3v) is 3.10. The monoisotopic (exact) mass is 283 g/mol. The Balaban J connectivity index is 2.43. The van der Waals surface area contributed by atoms with Crippen LogP contribution in [-0.4, -0.2) is 40.9 Å². The van der Waals surface area contributed by atoms with E-state index >= 15 is 0 Å². The molecule has 0 saturated carbocycles. The van der Waals surface area contributed by atoms with Crippen LogP contribution in [0.25, 0.3) is 0 Å². The van der Waals surface area contributed by atoms with E-state index in [9.17, 15) is 22.0 Å². The van der Waals surface area contributed by atoms with Crippen LogP contribution in [0.1, 0.15) is 10.6 Å². The normalized spacial score (nSPS) is 11.9. The van der Waals surface area contributed by atoms with E-state index in [1.54, 1.807) is 0 Å². The lowest BCUT2D eigenvalue weighted by atomic mass is 10.5. The quantitative estimate of drug-likeness (QED) is 0.559. The number of hydrogen-bond acceptors (Lipinski definition) is 5. The molecular formula is C9H11F2NO5S. The van der Waals surface area contributed by atoms with Crippen LogP contribution in [0, 0.1) is 0 Å². The zero-order valence-corrected chi connectivity index (χ0v) is 9.95. The largest absolute Gasteiger partial charge is 0.440 e. The Morgan fingerprint density at radius 1 is 1.44 bits per heavy atom. The van der Waals surface area contributed by atoms with Crippen molar-refractivity contribution in [3.63, 3.8) is 0 Å². The highest BCUT2D eigenvalue weighted by molar-refractivity contribution is 7.89. The van der Waals surface area contributed by atoms with Crippen LogP contribution in [0.5, 0.6) is 0 Å². The average molecular weight is 283 g/mol. The van der Waals surface area contributed by atoms with E-state index in [4.69, 9.17) is 4.42 Å². The molecule has 0 aliphatic heterocycles. The van der Waals surface area contributed by atoms with Crippen LogP contribution in [-0.2, 0) is 14.8 Å². The number of hydrogen-bond donors (Lipinski definition) is 1. The van der Waals surface area contributed by atoms with Gasteiger partial charge in [0.2, 0.25) is 5.09 Å². The Morgan fingerprint density at radius 3 is 2.72 bits per heavy atom. The number of ether oxygens (including phenoxy) is 1. The SMILES string of the molecule is O=Cc1ccc(S(=O)(=O)NCCOCC(F)F)o1. The molecule has 0 amide bonds. The molecule has 0 bridgehead atoms. The van der Waals surface area contributed by atoms with Gasteiger partial charge in [-0.1, -0.05) is 0 Å². The zero-order valence-electron chi connectivity index (χ0n) is 9.14. The first-order valence-electron chi connectivity index (χ1n) is 4.86. The second kappa shape index (κ2) is 6.57. The summed E-state index contributed by atoms with van der Waals surface area (Å²) < 4.78 is 57.7. The maximum Gasteiger partial charge on any atom is 0.274 e. The van der Waals surface area contributed by atoms with Crippen molar-refractivity contribution in [1.82, 2.24) is 4.72 Å². The van der Waals surface area contributed by atoms with E-state index in [0.29, 0.717) is 6.29 Å². The van der Waals surface area contributed by atoms with Gasteiger partial charge in [-0.05, 0) is 12.1 Å². The summed E-state index contributed by atoms with van der Waals surface area (Å²) in [6, 6.07) is 2.32. The van der Waals surface area contributed by atoms with E-state index in [0.717, 1.165) is 6.07 Å². The van der Waals surface area contributed by atoms with Gasteiger partial charge in [-0.2, -0.15) is 0 Å². The van der Waals surface area contributed by atoms with Crippen LogP contribution in [0.15, 0.2) is 21.6 Å². The predicted octanol–water partition coefficient (Wildman–Crippen LogP) is 0.652. The van der Waals surface area contributed by atoms with E-state index in [-0.39, 0.29) is 18.9 Å². The minimum atomic E-state index is -3.89. The fourth-order valence-corrected chi connectivity index (χ4v) is 1.98. The molecular weight excluding hydrogens is 272 g/mol. The van der Waals surface area contributed by atoms with Crippen molar-refractivity contribution < 1.29 is 31.1 Å². The smallest absolute Gasteiger partial charge is 0.274 e. The Morgan fingerprint density at radius 2 is 2.17 bits per heavy atom. The molecule has 0 radical (unpaired) electrons. The molecule has 0 aliphatic rings. The first-order chi connectivity index (χ1) is 8.45. The standard InChI is InChI=1S/C9H11F2NO5S/c10-8(11)6-16-4-3-12-18(14,15)9-2-1-7(5-13)17-9/h1-2,5,8,12H,3-4,6H2. The summed E-state index contributed by atoms with van der Waals surface area (Å²) in [5, 5.41) is -0.418. The van der Waals surface area contributed by atoms with Crippen molar-refractivity contribution in [3.05, 3.63) is 17.9 Å². The van der Waals surface area contributed by atoms with Gasteiger partial charge in [0.25, 0.3) is 16.4 Å². The first kappa shape index (κ1) is 14.7. The van der Waals surface area contributed by atoms with Crippen molar-refractivity contribution in [1.29, 1.82) is 0 Å². The maximum absolute atomic E-state index is 11.7. The molecule has 0 unspecified atom stereocenters. The lowest BCUT2D eigenvalue weighted by Gasteiger charge is -2.05. The molecule has 0 atom stereocenters. The topological polar surface area (TPSA) is 85.6 Å². The van der Waals surface area contributed by atoms with E-state index < -0.39 is 28.1 Å². The van der Waals surface area contributed by atoms with Crippen LogP contribution in [0.3, 0.4) is 0 Å². The van der Waals surface area contributed by atoms with E-state index in [1.807, 2.05) is 0 Å². The molecule has 0 saturated heterocycles. The van der Waals surface area contributed by atoms with Crippen LogP contribution in [0.2, 0.25) is 0 Å². The lowest BCUT2D eigenvalue weighted by Crippen LogP contribution is -2.27. The number of carbonyl (C=O) groups excluding carboxylic acids is 1. The van der Waals surface area contributed by atoms with Crippen molar-refractivity contribution in [2.45, 2.75) is 11.5 Å². The molecule has 1 heterocycles. The number of carbonyl (C=O) groups is 1. The fraction of sp³-hybridized carbons (Fsp3) is 0.444. The molecule has 1 aromatic rings. The maximum atomic E-state index is 11.7. The molecule has 0 spiro atoms. The van der Waals surface area contributed by atoms with Gasteiger partial charge in [0, 0.05) is 6.54 Å². The van der Waals surface area contributed by atoms with E-state index in [2.05, 4.69) is 9.46 Å². The second-order valence-corrected chi connectivity index (χ2v) is 4.84. The lowest BCUT2D eigenvalue weighted by molar-refractivity contribution is 0.0198. The van der Waals surface area contributed by atoms with Crippen molar-refractivity contribution >= 4 is 16.3 Å². The number of rotatable bonds is 8. The molecule has 9 heteroatoms. The number of sulfonamides is 1. The van der Waals surface area contributed by atoms with Crippen LogP contribution in [0.4, 0.5) is 8.78 Å². The Labute approximate surface area is 102 Å². The molecule has 0 fully saturated rings. The summed E-state index contributed by atoms with van der Waals surface area (Å²) in [7, 11) is -3.89. The summed E-state index contributed by atoms with van der Waals surface area (Å²) in [4.78, 5) is 10.3. The highest BCUT2D eigenvalue weighted by Gasteiger charge is 2.18. The van der Waals surface area contributed by atoms with Gasteiger partial charge in [0.15, 0.2) is 12.0 Å². The summed E-state index contributed by atoms with van der Waals surface area (Å²) in [5.74, 6) is -0.121. The molecule has 1 N–H and O–H groups in total. The van der Waals surface area contributed by atoms with Crippen molar-refractivity contribution in [2.75, 3.05) is 19.8 Å². The van der Waals surface area contributed by atoms with Gasteiger partial charge in [0.05, 0.1) is 6.61 Å². The average Bonchev–Trinajstić information content (AvgIpc) is 2.77. The van der Waals surface area contributed by atoms with Crippen LogP contribution < -0.4 is 4.72 Å². The highest BCUT2D eigenvalue weighted by atomic mass is 32.2. The number of furan rings is 1. The van der Waals surface area contributed by atoms with Gasteiger partial charge >= 0.3 is 0 Å². The minimum Gasteiger partial charge on any atom is -0.440 e. The predicted molar refractivity (Wildman–Crippen MR) is 56.1 cm³/mol. The van der Waals surface area contributed by atoms with Gasteiger partial charge in [-0.3, -0.25) is 4.79 Å². The molecule has 102 valence electrons. The fourth-order valence-electron chi connectivity index (χ4n) is 1.03. The van der Waals surface area contributed by atoms with E-state index in [1.165, 1.54) is 6.07 Å². The summed E-state index contributed by atoms with van der Waals surface area (Å²) in [6.07, 6.45) is -2.23. The Kier molecular flexibility index (Phi) is 5.38. The third-order valence-electron chi connectivity index (χ3n) is 1.77. The highest BCUT2D eigenvalue weighted by Crippen LogP contribution is 2.11. The summed E-state index contributed by atoms with van der Waals surface area (Å²) in [5.41, 5.74) is 0. The molecule has 0 aliphatic carbocycles.